The van der Waals surface area contributed by atoms with Gasteiger partial charge in [-0.25, -0.2) is 0 Å². The van der Waals surface area contributed by atoms with Crippen LogP contribution < -0.4 is 4.90 Å². The molecule has 0 aliphatic heterocycles. The SMILES string of the molecule is [2H]c1cc(-c2ccccc2-c2cccc(-n3c4ccccc4c4ccc(-c5cccc(N(c6cccc(-c7ccccc7)c6)c6cccc(-c7ccccc7)c6)c5)cc43)c2)c([2H])c([2H])c1[2H]. The van der Waals surface area contributed by atoms with E-state index in [1.165, 1.54) is 6.07 Å². The number of nitrogens with zero attached hydrogens (tertiary/aromatic N) is 2. The number of fused-ring (bicyclic) bond motifs is 3. The Morgan fingerprint density at radius 3 is 1.47 bits per heavy atom. The van der Waals surface area contributed by atoms with Crippen LogP contribution in [0.4, 0.5) is 17.1 Å². The topological polar surface area (TPSA) is 8.17 Å². The van der Waals surface area contributed by atoms with Crippen LogP contribution in [-0.4, -0.2) is 4.57 Å². The molecular formula is C60H42N2. The molecule has 62 heavy (non-hydrogen) atoms. The predicted octanol–water partition coefficient (Wildman–Crippen LogP) is 16.6. The van der Waals surface area contributed by atoms with Crippen LogP contribution in [-0.2, 0) is 0 Å². The monoisotopic (exact) mass is 794 g/mol. The first-order valence-electron chi connectivity index (χ1n) is 22.9. The van der Waals surface area contributed by atoms with Gasteiger partial charge in [-0.15, -0.1) is 0 Å². The molecule has 0 N–H and O–H groups in total. The van der Waals surface area contributed by atoms with E-state index in [9.17, 15) is 0 Å². The quantitative estimate of drug-likeness (QED) is 0.141. The zero-order valence-corrected chi connectivity index (χ0v) is 33.8. The Labute approximate surface area is 368 Å². The van der Waals surface area contributed by atoms with Crippen molar-refractivity contribution in [2.24, 2.45) is 0 Å². The lowest BCUT2D eigenvalue weighted by atomic mass is 9.94. The number of anilines is 3. The van der Waals surface area contributed by atoms with Gasteiger partial charge in [-0.3, -0.25) is 0 Å². The Morgan fingerprint density at radius 2 is 0.806 bits per heavy atom. The predicted molar refractivity (Wildman–Crippen MR) is 263 cm³/mol. The molecule has 0 aliphatic rings. The highest BCUT2D eigenvalue weighted by Gasteiger charge is 2.18. The average Bonchev–Trinajstić information content (AvgIpc) is 3.71. The van der Waals surface area contributed by atoms with Crippen molar-refractivity contribution in [2.75, 3.05) is 4.90 Å². The van der Waals surface area contributed by atoms with Gasteiger partial charge in [-0.05, 0) is 116 Å². The Morgan fingerprint density at radius 1 is 0.306 bits per heavy atom. The summed E-state index contributed by atoms with van der Waals surface area (Å²) in [6, 6.07) is 79.9. The zero-order valence-electron chi connectivity index (χ0n) is 37.8. The van der Waals surface area contributed by atoms with Crippen LogP contribution in [0, 0.1) is 0 Å². The number of para-hydroxylation sites is 1. The first-order valence-corrected chi connectivity index (χ1v) is 20.9. The van der Waals surface area contributed by atoms with Crippen LogP contribution in [0.2, 0.25) is 0 Å². The molecule has 0 atom stereocenters. The highest BCUT2D eigenvalue weighted by Crippen LogP contribution is 2.42. The van der Waals surface area contributed by atoms with Crippen molar-refractivity contribution < 1.29 is 5.48 Å². The van der Waals surface area contributed by atoms with Crippen molar-refractivity contribution in [2.45, 2.75) is 0 Å². The summed E-state index contributed by atoms with van der Waals surface area (Å²) in [6.45, 7) is 0. The van der Waals surface area contributed by atoms with Gasteiger partial charge >= 0.3 is 0 Å². The minimum absolute atomic E-state index is 0.0527. The molecule has 0 aliphatic carbocycles. The molecule has 1 aromatic heterocycles. The maximum atomic E-state index is 8.77. The molecule has 1 heterocycles. The average molecular weight is 795 g/mol. The second-order valence-electron chi connectivity index (χ2n) is 15.5. The number of aromatic nitrogens is 1. The standard InChI is InChI=1S/C60H42N2/c1-4-18-43(19-5-1)46-24-14-28-51(38-46)61(52-29-15-25-47(39-52)44-20-6-2-7-21-44)53-30-16-26-48(40-53)49-36-37-58-57-34-12-13-35-59(57)62(60(58)42-49)54-31-17-27-50(41-54)56-33-11-10-32-55(56)45-22-8-3-9-23-45/h1-42H/i3D,8D,9D,22D. The van der Waals surface area contributed by atoms with E-state index in [1.54, 1.807) is 0 Å². The van der Waals surface area contributed by atoms with Crippen molar-refractivity contribution in [3.63, 3.8) is 0 Å². The lowest BCUT2D eigenvalue weighted by Gasteiger charge is -2.27. The molecule has 11 rings (SSSR count). The molecule has 11 aromatic rings. The van der Waals surface area contributed by atoms with Crippen molar-refractivity contribution in [3.8, 4) is 61.3 Å². The van der Waals surface area contributed by atoms with Gasteiger partial charge in [-0.1, -0.05) is 194 Å². The Bertz CT molecular complexity index is 3520. The molecule has 0 saturated carbocycles. The highest BCUT2D eigenvalue weighted by molar-refractivity contribution is 6.10. The van der Waals surface area contributed by atoms with E-state index in [1.807, 2.05) is 24.3 Å². The molecule has 0 amide bonds. The third-order valence-corrected chi connectivity index (χ3v) is 11.7. The summed E-state index contributed by atoms with van der Waals surface area (Å²) < 4.78 is 36.0. The largest absolute Gasteiger partial charge is 0.310 e. The molecule has 0 spiro atoms. The number of benzene rings is 10. The van der Waals surface area contributed by atoms with Crippen molar-refractivity contribution >= 4 is 38.9 Å². The molecule has 0 radical (unpaired) electrons. The van der Waals surface area contributed by atoms with E-state index in [2.05, 4.69) is 210 Å². The Balaban J connectivity index is 1.04. The Hall–Kier alpha value is -8.20. The summed E-state index contributed by atoms with van der Waals surface area (Å²) >= 11 is 0. The molecular weight excluding hydrogens is 749 g/mol. The smallest absolute Gasteiger partial charge is 0.0629 e. The van der Waals surface area contributed by atoms with Crippen LogP contribution in [0.3, 0.4) is 0 Å². The summed E-state index contributed by atoms with van der Waals surface area (Å²) in [6.07, 6.45) is 0. The molecule has 2 nitrogen and oxygen atoms in total. The molecule has 0 saturated heterocycles. The van der Waals surface area contributed by atoms with E-state index >= 15 is 0 Å². The summed E-state index contributed by atoms with van der Waals surface area (Å²) in [5, 5.41) is 2.30. The fourth-order valence-electron chi connectivity index (χ4n) is 8.82. The van der Waals surface area contributed by atoms with Gasteiger partial charge in [0, 0.05) is 33.5 Å². The summed E-state index contributed by atoms with van der Waals surface area (Å²) in [4.78, 5) is 2.35. The van der Waals surface area contributed by atoms with Crippen LogP contribution in [0.15, 0.2) is 255 Å². The van der Waals surface area contributed by atoms with Crippen LogP contribution in [0.1, 0.15) is 5.48 Å². The highest BCUT2D eigenvalue weighted by atomic mass is 15.1. The first-order chi connectivity index (χ1) is 32.4. The number of rotatable bonds is 9. The van der Waals surface area contributed by atoms with Crippen molar-refractivity contribution in [1.82, 2.24) is 4.57 Å². The minimum Gasteiger partial charge on any atom is -0.310 e. The fourth-order valence-corrected chi connectivity index (χ4v) is 8.82. The van der Waals surface area contributed by atoms with Gasteiger partial charge in [0.25, 0.3) is 0 Å². The van der Waals surface area contributed by atoms with Crippen LogP contribution >= 0.6 is 0 Å². The zero-order chi connectivity index (χ0) is 44.7. The van der Waals surface area contributed by atoms with Gasteiger partial charge in [-0.2, -0.15) is 0 Å². The second kappa shape index (κ2) is 16.1. The normalized spacial score (nSPS) is 12.1. The second-order valence-corrected chi connectivity index (χ2v) is 15.5. The van der Waals surface area contributed by atoms with Crippen molar-refractivity contribution in [3.05, 3.63) is 255 Å². The van der Waals surface area contributed by atoms with E-state index in [0.717, 1.165) is 94.6 Å². The lowest BCUT2D eigenvalue weighted by Crippen LogP contribution is -2.10. The lowest BCUT2D eigenvalue weighted by molar-refractivity contribution is 1.18. The number of hydrogen-bond donors (Lipinski definition) is 0. The Kier molecular flexibility index (Phi) is 8.47. The molecule has 0 bridgehead atoms. The van der Waals surface area contributed by atoms with E-state index < -0.39 is 0 Å². The molecule has 2 heteroatoms. The third-order valence-electron chi connectivity index (χ3n) is 11.7. The fraction of sp³-hybridized carbons (Fsp3) is 0. The van der Waals surface area contributed by atoms with Crippen LogP contribution in [0.25, 0.3) is 83.1 Å². The molecule has 292 valence electrons. The summed E-state index contributed by atoms with van der Waals surface area (Å²) in [5.41, 5.74) is 16.1. The maximum Gasteiger partial charge on any atom is 0.0629 e. The molecule has 0 fully saturated rings. The molecule has 0 unspecified atom stereocenters. The van der Waals surface area contributed by atoms with Gasteiger partial charge in [0.15, 0.2) is 0 Å². The van der Waals surface area contributed by atoms with Crippen molar-refractivity contribution in [1.29, 1.82) is 0 Å². The van der Waals surface area contributed by atoms with Gasteiger partial charge in [0.1, 0.15) is 0 Å². The first kappa shape index (κ1) is 32.6. The summed E-state index contributed by atoms with van der Waals surface area (Å²) in [5.74, 6) is 0. The summed E-state index contributed by atoms with van der Waals surface area (Å²) in [7, 11) is 0. The van der Waals surface area contributed by atoms with E-state index in [-0.39, 0.29) is 24.2 Å². The van der Waals surface area contributed by atoms with Gasteiger partial charge in [0.2, 0.25) is 0 Å². The van der Waals surface area contributed by atoms with Gasteiger partial charge < -0.3 is 9.47 Å². The maximum absolute atomic E-state index is 8.77. The van der Waals surface area contributed by atoms with Crippen LogP contribution in [0.5, 0.6) is 0 Å². The third kappa shape index (κ3) is 6.94. The minimum atomic E-state index is -0.241. The molecule has 10 aromatic carbocycles. The van der Waals surface area contributed by atoms with E-state index in [4.69, 9.17) is 5.48 Å². The van der Waals surface area contributed by atoms with E-state index in [0.29, 0.717) is 5.56 Å². The number of hydrogen-bond acceptors (Lipinski definition) is 1. The van der Waals surface area contributed by atoms with Gasteiger partial charge in [0.05, 0.1) is 16.5 Å².